The topological polar surface area (TPSA) is 232 Å². The molecule has 0 saturated carbocycles. The molecule has 19 nitrogen and oxygen atoms in total. The Morgan fingerprint density at radius 2 is 1.18 bits per heavy atom. The zero-order chi connectivity index (χ0) is 48.0. The highest BCUT2D eigenvalue weighted by Crippen LogP contribution is 2.34. The van der Waals surface area contributed by atoms with Crippen LogP contribution < -0.4 is 46.2 Å². The Morgan fingerprint density at radius 3 is 1.72 bits per heavy atom. The minimum absolute atomic E-state index is 0.00940. The van der Waals surface area contributed by atoms with Gasteiger partial charge in [0.25, 0.3) is 11.1 Å². The fraction of sp³-hybridized carbons (Fsp3) is 0.184. The number of aromatic hydroxyl groups is 2. The number of nitrogens with one attached hydrogen (secondary N) is 2. The molecule has 4 aromatic heterocycles. The number of aromatic nitrogens is 8. The predicted molar refractivity (Wildman–Crippen MR) is 253 cm³/mol. The number of H-pyrrole nitrogens is 2. The Kier molecular flexibility index (Phi) is 11.5. The first-order chi connectivity index (χ1) is 32.8. The molecule has 346 valence electrons. The molecule has 0 atom stereocenters. The maximum absolute atomic E-state index is 14.3. The third-order valence-corrected chi connectivity index (χ3v) is 11.6. The van der Waals surface area contributed by atoms with Crippen molar-refractivity contribution < 1.29 is 33.9 Å². The van der Waals surface area contributed by atoms with Crippen LogP contribution in [0.1, 0.15) is 16.7 Å². The number of nitrogens with zero attached hydrogens (tertiary/aromatic N) is 6. The van der Waals surface area contributed by atoms with Gasteiger partial charge in [0, 0.05) is 41.0 Å². The molecule has 0 aliphatic rings. The summed E-state index contributed by atoms with van der Waals surface area (Å²) >= 11 is 0. The lowest BCUT2D eigenvalue weighted by Crippen LogP contribution is -2.37. The van der Waals surface area contributed by atoms with E-state index in [1.807, 2.05) is 26.0 Å². The van der Waals surface area contributed by atoms with Gasteiger partial charge in [0.1, 0.15) is 63.5 Å². The largest absolute Gasteiger partial charge is 0.497 e. The van der Waals surface area contributed by atoms with Gasteiger partial charge in [-0.15, -0.1) is 0 Å². The average molecular weight is 921 g/mol. The zero-order valence-corrected chi connectivity index (χ0v) is 37.6. The van der Waals surface area contributed by atoms with E-state index in [4.69, 9.17) is 28.7 Å². The van der Waals surface area contributed by atoms with Crippen LogP contribution in [0, 0.1) is 13.8 Å². The molecule has 19 heteroatoms. The number of hydrogen-bond acceptors (Lipinski definition) is 13. The normalized spacial score (nSPS) is 11.3. The summed E-state index contributed by atoms with van der Waals surface area (Å²) in [5.41, 5.74) is 2.10. The zero-order valence-electron chi connectivity index (χ0n) is 37.6. The number of aryl methyl sites for hydroxylation is 2. The summed E-state index contributed by atoms with van der Waals surface area (Å²) in [6, 6.07) is 25.6. The van der Waals surface area contributed by atoms with Crippen LogP contribution in [0.5, 0.6) is 40.5 Å². The molecule has 68 heavy (non-hydrogen) atoms. The summed E-state index contributed by atoms with van der Waals surface area (Å²) in [7, 11) is 5.93. The van der Waals surface area contributed by atoms with Gasteiger partial charge in [-0.3, -0.25) is 18.7 Å². The molecule has 4 N–H and O–H groups in total. The predicted octanol–water partition coefficient (Wildman–Crippen LogP) is 5.59. The van der Waals surface area contributed by atoms with Crippen molar-refractivity contribution in [2.24, 2.45) is 0 Å². The molecule has 0 unspecified atom stereocenters. The first-order valence-corrected chi connectivity index (χ1v) is 21.1. The van der Waals surface area contributed by atoms with Crippen molar-refractivity contribution >= 4 is 21.8 Å². The molecular weight excluding hydrogens is 877 g/mol. The lowest BCUT2D eigenvalue weighted by atomic mass is 10.0. The van der Waals surface area contributed by atoms with Crippen molar-refractivity contribution in [3.8, 4) is 74.5 Å². The highest BCUT2D eigenvalue weighted by molar-refractivity contribution is 5.88. The second kappa shape index (κ2) is 17.8. The Morgan fingerprint density at radius 1 is 0.618 bits per heavy atom. The van der Waals surface area contributed by atoms with Crippen LogP contribution in [-0.4, -0.2) is 83.7 Å². The number of imidazole rings is 2. The molecular formula is C49H44N8O11. The molecule has 9 aromatic rings. The van der Waals surface area contributed by atoms with Crippen LogP contribution in [0.4, 0.5) is 0 Å². The lowest BCUT2D eigenvalue weighted by Gasteiger charge is -2.15. The summed E-state index contributed by atoms with van der Waals surface area (Å²) in [5, 5.41) is 23.4. The third kappa shape index (κ3) is 7.84. The fourth-order valence-electron chi connectivity index (χ4n) is 8.28. The van der Waals surface area contributed by atoms with Gasteiger partial charge in [0.2, 0.25) is 11.8 Å². The van der Waals surface area contributed by atoms with E-state index in [2.05, 4.69) is 15.0 Å². The minimum Gasteiger partial charge on any atom is -0.497 e. The molecule has 0 aliphatic carbocycles. The first kappa shape index (κ1) is 44.2. The molecule has 5 aromatic carbocycles. The molecule has 0 amide bonds. The summed E-state index contributed by atoms with van der Waals surface area (Å²) in [6.07, 6.45) is 1.11. The molecule has 0 spiro atoms. The molecule has 4 heterocycles. The molecule has 0 aliphatic heterocycles. The van der Waals surface area contributed by atoms with Gasteiger partial charge in [-0.05, 0) is 42.7 Å². The van der Waals surface area contributed by atoms with Gasteiger partial charge in [-0.2, -0.15) is 9.35 Å². The molecule has 0 saturated heterocycles. The SMILES string of the molecule is COc1cc(OC)c2c(=O)[nH]c(-c3ccc(Cn4c(O)cn(-n5c(-c6ccccc6)c(O)n(CCOc6c(C)cc(-c7nc8cc(OC)cc(OC)c8c(=O)[nH]7)cc6C)c5=O)c4=O)cc3)nc2c1. The van der Waals surface area contributed by atoms with Gasteiger partial charge in [0.05, 0.1) is 58.8 Å². The average Bonchev–Trinajstić information content (AvgIpc) is 3.76. The fourth-order valence-corrected chi connectivity index (χ4v) is 8.28. The number of aromatic amines is 2. The van der Waals surface area contributed by atoms with E-state index in [1.54, 1.807) is 78.9 Å². The Balaban J connectivity index is 0.984. The van der Waals surface area contributed by atoms with Crippen LogP contribution in [-0.2, 0) is 13.1 Å². The van der Waals surface area contributed by atoms with Crippen molar-refractivity contribution in [1.29, 1.82) is 0 Å². The number of rotatable bonds is 14. The van der Waals surface area contributed by atoms with E-state index in [0.717, 1.165) is 24.7 Å². The lowest BCUT2D eigenvalue weighted by molar-refractivity contribution is 0.282. The van der Waals surface area contributed by atoms with E-state index in [1.165, 1.54) is 28.4 Å². The quantitative estimate of drug-likeness (QED) is 0.104. The van der Waals surface area contributed by atoms with Crippen LogP contribution in [0.2, 0.25) is 0 Å². The highest BCUT2D eigenvalue weighted by Gasteiger charge is 2.26. The van der Waals surface area contributed by atoms with E-state index in [9.17, 15) is 29.4 Å². The minimum atomic E-state index is -0.774. The smallest absolute Gasteiger partial charge is 0.351 e. The van der Waals surface area contributed by atoms with Crippen LogP contribution in [0.25, 0.3) is 55.8 Å². The maximum Gasteiger partial charge on any atom is 0.351 e. The van der Waals surface area contributed by atoms with Crippen LogP contribution in [0.15, 0.2) is 116 Å². The Labute approximate surface area is 385 Å². The molecule has 0 fully saturated rings. The summed E-state index contributed by atoms with van der Waals surface area (Å²) < 4.78 is 31.9. The molecule has 0 radical (unpaired) electrons. The van der Waals surface area contributed by atoms with Crippen molar-refractivity contribution in [2.45, 2.75) is 26.9 Å². The monoisotopic (exact) mass is 920 g/mol. The van der Waals surface area contributed by atoms with E-state index in [0.29, 0.717) is 84.8 Å². The van der Waals surface area contributed by atoms with Crippen molar-refractivity contribution in [2.75, 3.05) is 35.0 Å². The number of benzene rings is 5. The van der Waals surface area contributed by atoms with Crippen molar-refractivity contribution in [1.82, 2.24) is 38.4 Å². The van der Waals surface area contributed by atoms with Crippen LogP contribution in [0.3, 0.4) is 0 Å². The summed E-state index contributed by atoms with van der Waals surface area (Å²) in [5.74, 6) is 1.86. The van der Waals surface area contributed by atoms with Gasteiger partial charge < -0.3 is 43.9 Å². The first-order valence-electron chi connectivity index (χ1n) is 21.1. The highest BCUT2D eigenvalue weighted by atomic mass is 16.5. The second-order valence-electron chi connectivity index (χ2n) is 15.7. The Bertz CT molecular complexity index is 3640. The molecule has 0 bridgehead atoms. The van der Waals surface area contributed by atoms with E-state index in [-0.39, 0.29) is 41.7 Å². The number of methoxy groups -OCH3 is 4. The van der Waals surface area contributed by atoms with Gasteiger partial charge >= 0.3 is 11.4 Å². The van der Waals surface area contributed by atoms with Crippen molar-refractivity contribution in [3.63, 3.8) is 0 Å². The summed E-state index contributed by atoms with van der Waals surface area (Å²) in [4.78, 5) is 69.8. The van der Waals surface area contributed by atoms with Crippen LogP contribution >= 0.6 is 0 Å². The number of ether oxygens (including phenoxy) is 5. The maximum atomic E-state index is 14.3. The van der Waals surface area contributed by atoms with Gasteiger partial charge in [0.15, 0.2) is 0 Å². The van der Waals surface area contributed by atoms with Crippen molar-refractivity contribution in [3.05, 3.63) is 156 Å². The van der Waals surface area contributed by atoms with E-state index >= 15 is 0 Å². The number of hydrogen-bond donors (Lipinski definition) is 4. The number of fused-ring (bicyclic) bond motifs is 2. The van der Waals surface area contributed by atoms with Gasteiger partial charge in [-0.25, -0.2) is 19.6 Å². The second-order valence-corrected chi connectivity index (χ2v) is 15.7. The summed E-state index contributed by atoms with van der Waals surface area (Å²) in [6.45, 7) is 3.37. The standard InChI is InChI=1S/C49H44N8O11/c1-26-18-31(44-51-35-21-33(65-4)23-37(67-6)40(35)46(60)53-44)19-27(2)42(26)68-17-16-54-47(61)41(29-10-8-7-9-11-29)57(49(54)63)56-25-38(58)55(48(56)62)24-28-12-14-30(15-13-28)43-50-34-20-32(64-3)22-36(66-5)39(34)45(59)52-43/h7-15,18-23,25,58,61H,16-17,24H2,1-6H3,(H,50,52,59)(H,51,53,60). The van der Waals surface area contributed by atoms with E-state index < -0.39 is 28.7 Å². The Hall–Kier alpha value is -9.00. The third-order valence-electron chi connectivity index (χ3n) is 11.6. The molecule has 9 rings (SSSR count). The van der Waals surface area contributed by atoms with Gasteiger partial charge in [-0.1, -0.05) is 54.6 Å².